The Kier molecular flexibility index (Phi) is 8.78. The maximum absolute atomic E-state index is 13.0. The number of anilines is 1. The molecular formula is C26H26Cl2N2O3S2. The second-order valence-electron chi connectivity index (χ2n) is 8.48. The van der Waals surface area contributed by atoms with Crippen molar-refractivity contribution in [3.05, 3.63) is 94.0 Å². The Morgan fingerprint density at radius 2 is 1.77 bits per heavy atom. The fraction of sp³-hybridized carbons (Fsp3) is 0.269. The minimum Gasteiger partial charge on any atom is -0.326 e. The summed E-state index contributed by atoms with van der Waals surface area (Å²) in [6.07, 6.45) is 1.27. The number of benzene rings is 3. The first-order valence-electron chi connectivity index (χ1n) is 11.3. The number of hydrogen-bond acceptors (Lipinski definition) is 4. The van der Waals surface area contributed by atoms with Crippen LogP contribution in [0.3, 0.4) is 0 Å². The third kappa shape index (κ3) is 7.24. The van der Waals surface area contributed by atoms with Gasteiger partial charge in [-0.05, 0) is 60.4 Å². The van der Waals surface area contributed by atoms with E-state index in [1.165, 1.54) is 15.3 Å². The molecule has 35 heavy (non-hydrogen) atoms. The molecule has 0 saturated carbocycles. The Morgan fingerprint density at radius 3 is 2.49 bits per heavy atom. The van der Waals surface area contributed by atoms with Gasteiger partial charge in [0.15, 0.2) is 0 Å². The van der Waals surface area contributed by atoms with E-state index in [1.54, 1.807) is 23.9 Å². The van der Waals surface area contributed by atoms with Gasteiger partial charge in [-0.25, -0.2) is 12.7 Å². The summed E-state index contributed by atoms with van der Waals surface area (Å²) in [5.41, 5.74) is 2.36. The van der Waals surface area contributed by atoms with Crippen LogP contribution in [0, 0.1) is 5.92 Å². The van der Waals surface area contributed by atoms with Gasteiger partial charge in [0.2, 0.25) is 15.9 Å². The number of carbonyl (C=O) groups excluding carboxylic acids is 1. The molecule has 1 aliphatic rings. The zero-order valence-corrected chi connectivity index (χ0v) is 22.1. The highest BCUT2D eigenvalue weighted by Crippen LogP contribution is 2.27. The van der Waals surface area contributed by atoms with E-state index in [-0.39, 0.29) is 18.2 Å². The van der Waals surface area contributed by atoms with Crippen LogP contribution in [0.25, 0.3) is 0 Å². The molecule has 1 aliphatic heterocycles. The maximum atomic E-state index is 13.0. The van der Waals surface area contributed by atoms with Crippen LogP contribution >= 0.6 is 35.0 Å². The van der Waals surface area contributed by atoms with Gasteiger partial charge in [-0.1, -0.05) is 59.6 Å². The highest BCUT2D eigenvalue weighted by atomic mass is 35.5. The van der Waals surface area contributed by atoms with E-state index >= 15 is 0 Å². The zero-order chi connectivity index (χ0) is 24.8. The second-order valence-corrected chi connectivity index (χ2v) is 12.3. The average Bonchev–Trinajstić information content (AvgIpc) is 2.86. The molecule has 1 amide bonds. The molecule has 5 nitrogen and oxygen atoms in total. The smallest absolute Gasteiger partial charge is 0.228 e. The van der Waals surface area contributed by atoms with E-state index in [9.17, 15) is 13.2 Å². The summed E-state index contributed by atoms with van der Waals surface area (Å²) in [4.78, 5) is 14.1. The number of sulfonamides is 1. The van der Waals surface area contributed by atoms with Crippen LogP contribution in [0.5, 0.6) is 0 Å². The highest BCUT2D eigenvalue weighted by Gasteiger charge is 2.32. The zero-order valence-electron chi connectivity index (χ0n) is 19.0. The first kappa shape index (κ1) is 26.0. The topological polar surface area (TPSA) is 66.5 Å². The molecule has 1 saturated heterocycles. The Hall–Kier alpha value is -2.03. The van der Waals surface area contributed by atoms with Crippen molar-refractivity contribution in [3.63, 3.8) is 0 Å². The first-order valence-corrected chi connectivity index (χ1v) is 14.6. The minimum atomic E-state index is -3.62. The van der Waals surface area contributed by atoms with Gasteiger partial charge in [-0.3, -0.25) is 4.79 Å². The van der Waals surface area contributed by atoms with Gasteiger partial charge in [0.05, 0.1) is 11.7 Å². The molecule has 184 valence electrons. The molecule has 0 spiro atoms. The van der Waals surface area contributed by atoms with Crippen molar-refractivity contribution >= 4 is 56.6 Å². The summed E-state index contributed by atoms with van der Waals surface area (Å²) in [6.45, 7) is 0.552. The van der Waals surface area contributed by atoms with E-state index < -0.39 is 15.9 Å². The van der Waals surface area contributed by atoms with E-state index in [2.05, 4.69) is 17.4 Å². The number of nitrogens with one attached hydrogen (secondary N) is 1. The lowest BCUT2D eigenvalue weighted by atomic mass is 9.98. The van der Waals surface area contributed by atoms with Crippen molar-refractivity contribution in [2.75, 3.05) is 18.4 Å². The number of carbonyl (C=O) groups is 1. The molecule has 9 heteroatoms. The molecule has 1 atom stereocenters. The van der Waals surface area contributed by atoms with Crippen molar-refractivity contribution in [1.82, 2.24) is 4.31 Å². The van der Waals surface area contributed by atoms with E-state index in [4.69, 9.17) is 23.2 Å². The number of amides is 1. The van der Waals surface area contributed by atoms with Crippen LogP contribution in [0.4, 0.5) is 5.69 Å². The number of halogens is 2. The fourth-order valence-electron chi connectivity index (χ4n) is 3.95. The van der Waals surface area contributed by atoms with Crippen LogP contribution in [0.2, 0.25) is 10.0 Å². The molecule has 0 aliphatic carbocycles. The standard InChI is InChI=1S/C26H26Cl2N2O3S2/c27-22-11-10-21(25(28)15-22)18-35(32,33)30-14-4-5-20(16-30)26(31)29-23-12-8-19(9-13-23)17-34-24-6-2-1-3-7-24/h1-3,6-13,15,20H,4-5,14,16-18H2,(H,29,31)/t20-/m0/s1. The molecule has 0 aromatic heterocycles. The molecule has 4 rings (SSSR count). The van der Waals surface area contributed by atoms with Crippen molar-refractivity contribution < 1.29 is 13.2 Å². The van der Waals surface area contributed by atoms with Crippen LogP contribution in [-0.4, -0.2) is 31.7 Å². The largest absolute Gasteiger partial charge is 0.326 e. The number of rotatable bonds is 8. The Balaban J connectivity index is 1.33. The number of hydrogen-bond donors (Lipinski definition) is 1. The van der Waals surface area contributed by atoms with E-state index in [0.29, 0.717) is 40.7 Å². The Labute approximate surface area is 220 Å². The van der Waals surface area contributed by atoms with Crippen molar-refractivity contribution in [2.24, 2.45) is 5.92 Å². The lowest BCUT2D eigenvalue weighted by molar-refractivity contribution is -0.120. The van der Waals surface area contributed by atoms with Gasteiger partial charge in [0, 0.05) is 39.5 Å². The number of thioether (sulfide) groups is 1. The summed E-state index contributed by atoms with van der Waals surface area (Å²) in [5.74, 6) is 0.0406. The Morgan fingerprint density at radius 1 is 1.03 bits per heavy atom. The number of piperidine rings is 1. The van der Waals surface area contributed by atoms with Gasteiger partial charge < -0.3 is 5.32 Å². The summed E-state index contributed by atoms with van der Waals surface area (Å²) in [5, 5.41) is 3.72. The molecule has 3 aromatic rings. The second kappa shape index (κ2) is 11.8. The van der Waals surface area contributed by atoms with Crippen molar-refractivity contribution in [3.8, 4) is 0 Å². The highest BCUT2D eigenvalue weighted by molar-refractivity contribution is 7.98. The molecule has 1 N–H and O–H groups in total. The Bertz CT molecular complexity index is 1270. The number of nitrogens with zero attached hydrogens (tertiary/aromatic N) is 1. The van der Waals surface area contributed by atoms with Gasteiger partial charge in [-0.2, -0.15) is 0 Å². The summed E-state index contributed by atoms with van der Waals surface area (Å²) < 4.78 is 27.4. The van der Waals surface area contributed by atoms with Crippen molar-refractivity contribution in [1.29, 1.82) is 0 Å². The monoisotopic (exact) mass is 548 g/mol. The minimum absolute atomic E-state index is 0.158. The van der Waals surface area contributed by atoms with Crippen LogP contribution in [0.1, 0.15) is 24.0 Å². The van der Waals surface area contributed by atoms with Crippen LogP contribution < -0.4 is 5.32 Å². The molecular weight excluding hydrogens is 523 g/mol. The van der Waals surface area contributed by atoms with Gasteiger partial charge in [0.25, 0.3) is 0 Å². The summed E-state index contributed by atoms with van der Waals surface area (Å²) in [7, 11) is -3.62. The maximum Gasteiger partial charge on any atom is 0.228 e. The molecule has 0 radical (unpaired) electrons. The van der Waals surface area contributed by atoms with Gasteiger partial charge >= 0.3 is 0 Å². The van der Waals surface area contributed by atoms with Gasteiger partial charge in [0.1, 0.15) is 0 Å². The lowest BCUT2D eigenvalue weighted by Gasteiger charge is -2.31. The van der Waals surface area contributed by atoms with Crippen LogP contribution in [-0.2, 0) is 26.3 Å². The quantitative estimate of drug-likeness (QED) is 0.327. The average molecular weight is 550 g/mol. The van der Waals surface area contributed by atoms with Crippen LogP contribution in [0.15, 0.2) is 77.7 Å². The van der Waals surface area contributed by atoms with Gasteiger partial charge in [-0.15, -0.1) is 11.8 Å². The fourth-order valence-corrected chi connectivity index (χ4v) is 7.02. The lowest BCUT2D eigenvalue weighted by Crippen LogP contribution is -2.44. The third-order valence-electron chi connectivity index (χ3n) is 5.87. The third-order valence-corrected chi connectivity index (χ3v) is 9.34. The normalized spacial score (nSPS) is 16.7. The molecule has 3 aromatic carbocycles. The molecule has 1 heterocycles. The molecule has 1 fully saturated rings. The first-order chi connectivity index (χ1) is 16.8. The summed E-state index contributed by atoms with van der Waals surface area (Å²) >= 11 is 13.8. The van der Waals surface area contributed by atoms with E-state index in [1.807, 2.05) is 42.5 Å². The SMILES string of the molecule is O=C(Nc1ccc(CSc2ccccc2)cc1)[C@H]1CCCN(S(=O)(=O)Cc2ccc(Cl)cc2Cl)C1. The van der Waals surface area contributed by atoms with Crippen molar-refractivity contribution in [2.45, 2.75) is 29.2 Å². The summed E-state index contributed by atoms with van der Waals surface area (Å²) in [6, 6.07) is 22.7. The predicted molar refractivity (Wildman–Crippen MR) is 144 cm³/mol. The molecule has 0 unspecified atom stereocenters. The van der Waals surface area contributed by atoms with E-state index in [0.717, 1.165) is 11.3 Å². The predicted octanol–water partition coefficient (Wildman–Crippen LogP) is 6.47. The molecule has 0 bridgehead atoms.